The Bertz CT molecular complexity index is 406. The highest BCUT2D eigenvalue weighted by Gasteiger charge is 2.16. The summed E-state index contributed by atoms with van der Waals surface area (Å²) in [6.07, 6.45) is 11.2. The fraction of sp³-hybridized carbons (Fsp3) is 0.889. The van der Waals surface area contributed by atoms with Gasteiger partial charge in [-0.15, -0.1) is 24.0 Å². The van der Waals surface area contributed by atoms with Crippen molar-refractivity contribution in [2.45, 2.75) is 69.9 Å². The molecule has 1 heterocycles. The first-order valence-corrected chi connectivity index (χ1v) is 9.52. The molecule has 7 heteroatoms. The molecule has 25 heavy (non-hydrogen) atoms. The topological polar surface area (TPSA) is 66.0 Å². The summed E-state index contributed by atoms with van der Waals surface area (Å²) in [6.45, 7) is 1.91. The van der Waals surface area contributed by atoms with Crippen molar-refractivity contribution in [2.24, 2.45) is 4.99 Å². The number of rotatable bonds is 6. The molecule has 2 N–H and O–H groups in total. The summed E-state index contributed by atoms with van der Waals surface area (Å²) in [4.78, 5) is 17.9. The molecule has 0 radical (unpaired) electrons. The van der Waals surface area contributed by atoms with E-state index in [0.717, 1.165) is 32.0 Å². The molecule has 1 atom stereocenters. The Labute approximate surface area is 169 Å². The maximum Gasteiger partial charge on any atom is 0.243 e. The average Bonchev–Trinajstić information content (AvgIpc) is 2.61. The third-order valence-corrected chi connectivity index (χ3v) is 4.85. The standard InChI is InChI=1S/C18H34N4O2.HI/c1-22(2)17(23)14-20-18(21-15-8-4-3-5-9-15)19-12-11-16-10-6-7-13-24-16;/h15-16H,3-14H2,1-2H3,(H2,19,20,21);1H. The van der Waals surface area contributed by atoms with E-state index in [1.807, 2.05) is 0 Å². The van der Waals surface area contributed by atoms with Crippen LogP contribution in [-0.2, 0) is 9.53 Å². The van der Waals surface area contributed by atoms with Crippen molar-refractivity contribution in [3.63, 3.8) is 0 Å². The molecule has 6 nitrogen and oxygen atoms in total. The fourth-order valence-electron chi connectivity index (χ4n) is 3.27. The Kier molecular flexibility index (Phi) is 11.4. The molecule has 2 rings (SSSR count). The molecular weight excluding hydrogens is 431 g/mol. The number of hydrogen-bond donors (Lipinski definition) is 2. The molecule has 0 aromatic rings. The van der Waals surface area contributed by atoms with E-state index >= 15 is 0 Å². The van der Waals surface area contributed by atoms with Crippen LogP contribution in [0.25, 0.3) is 0 Å². The molecule has 1 aliphatic carbocycles. The zero-order valence-electron chi connectivity index (χ0n) is 15.8. The third-order valence-electron chi connectivity index (χ3n) is 4.85. The van der Waals surface area contributed by atoms with Crippen molar-refractivity contribution in [3.8, 4) is 0 Å². The lowest BCUT2D eigenvalue weighted by molar-refractivity contribution is -0.127. The van der Waals surface area contributed by atoms with Gasteiger partial charge in [0.25, 0.3) is 0 Å². The average molecular weight is 466 g/mol. The Balaban J connectivity index is 0.00000312. The SMILES string of the molecule is CN(C)C(=O)CN=C(NCCC1CCCCO1)NC1CCCCC1.I. The van der Waals surface area contributed by atoms with Gasteiger partial charge in [-0.25, -0.2) is 4.99 Å². The minimum absolute atomic E-state index is 0. The van der Waals surface area contributed by atoms with E-state index < -0.39 is 0 Å². The summed E-state index contributed by atoms with van der Waals surface area (Å²) < 4.78 is 5.78. The molecule has 1 aliphatic heterocycles. The maximum atomic E-state index is 11.8. The molecule has 0 aromatic heterocycles. The van der Waals surface area contributed by atoms with E-state index in [1.165, 1.54) is 44.9 Å². The van der Waals surface area contributed by atoms with Gasteiger partial charge in [-0.1, -0.05) is 19.3 Å². The van der Waals surface area contributed by atoms with Gasteiger partial charge in [0.05, 0.1) is 6.10 Å². The Morgan fingerprint density at radius 3 is 2.48 bits per heavy atom. The summed E-state index contributed by atoms with van der Waals surface area (Å²) in [5.41, 5.74) is 0. The van der Waals surface area contributed by atoms with Crippen LogP contribution in [-0.4, -0.2) is 62.7 Å². The first-order chi connectivity index (χ1) is 11.6. The predicted octanol–water partition coefficient (Wildman–Crippen LogP) is 2.52. The van der Waals surface area contributed by atoms with Crippen molar-refractivity contribution < 1.29 is 9.53 Å². The predicted molar refractivity (Wildman–Crippen MR) is 113 cm³/mol. The van der Waals surface area contributed by atoms with E-state index in [4.69, 9.17) is 4.74 Å². The zero-order valence-corrected chi connectivity index (χ0v) is 18.1. The van der Waals surface area contributed by atoms with Gasteiger partial charge in [0, 0.05) is 33.3 Å². The molecule has 1 saturated carbocycles. The van der Waals surface area contributed by atoms with E-state index in [-0.39, 0.29) is 36.4 Å². The molecule has 2 fully saturated rings. The van der Waals surface area contributed by atoms with Crippen LogP contribution in [0.15, 0.2) is 4.99 Å². The Hall–Kier alpha value is -0.570. The van der Waals surface area contributed by atoms with Gasteiger partial charge in [-0.05, 0) is 38.5 Å². The lowest BCUT2D eigenvalue weighted by Gasteiger charge is -2.26. The van der Waals surface area contributed by atoms with Gasteiger partial charge >= 0.3 is 0 Å². The highest BCUT2D eigenvalue weighted by atomic mass is 127. The number of guanidine groups is 1. The van der Waals surface area contributed by atoms with Crippen LogP contribution in [0.2, 0.25) is 0 Å². The second-order valence-electron chi connectivity index (χ2n) is 7.14. The number of ether oxygens (including phenoxy) is 1. The van der Waals surface area contributed by atoms with Gasteiger partial charge in [0.15, 0.2) is 5.96 Å². The van der Waals surface area contributed by atoms with Crippen molar-refractivity contribution in [1.82, 2.24) is 15.5 Å². The monoisotopic (exact) mass is 466 g/mol. The first-order valence-electron chi connectivity index (χ1n) is 9.52. The molecule has 1 amide bonds. The molecule has 1 saturated heterocycles. The first kappa shape index (κ1) is 22.5. The summed E-state index contributed by atoms with van der Waals surface area (Å²) in [6, 6.07) is 0.477. The van der Waals surface area contributed by atoms with Gasteiger partial charge in [0.1, 0.15) is 6.54 Å². The molecular formula is C18H35IN4O2. The quantitative estimate of drug-likeness (QED) is 0.359. The van der Waals surface area contributed by atoms with Crippen LogP contribution in [0.1, 0.15) is 57.8 Å². The summed E-state index contributed by atoms with van der Waals surface area (Å²) in [5, 5.41) is 6.91. The normalized spacial score (nSPS) is 22.0. The second kappa shape index (κ2) is 12.7. The number of nitrogens with one attached hydrogen (secondary N) is 2. The lowest BCUT2D eigenvalue weighted by atomic mass is 9.96. The molecule has 0 bridgehead atoms. The maximum absolute atomic E-state index is 11.8. The summed E-state index contributed by atoms with van der Waals surface area (Å²) >= 11 is 0. The van der Waals surface area contributed by atoms with Crippen molar-refractivity contribution in [1.29, 1.82) is 0 Å². The van der Waals surface area contributed by atoms with Crippen LogP contribution < -0.4 is 10.6 Å². The molecule has 0 aromatic carbocycles. The second-order valence-corrected chi connectivity index (χ2v) is 7.14. The number of carbonyl (C=O) groups excluding carboxylic acids is 1. The number of nitrogens with zero attached hydrogens (tertiary/aromatic N) is 2. The fourth-order valence-corrected chi connectivity index (χ4v) is 3.27. The Morgan fingerprint density at radius 1 is 1.12 bits per heavy atom. The number of likely N-dealkylation sites (N-methyl/N-ethyl adjacent to an activating group) is 1. The molecule has 146 valence electrons. The zero-order chi connectivity index (χ0) is 17.2. The van der Waals surface area contributed by atoms with Crippen LogP contribution in [0.4, 0.5) is 0 Å². The van der Waals surface area contributed by atoms with Gasteiger partial charge in [-0.3, -0.25) is 4.79 Å². The smallest absolute Gasteiger partial charge is 0.243 e. The highest BCUT2D eigenvalue weighted by Crippen LogP contribution is 2.17. The van der Waals surface area contributed by atoms with Gasteiger partial charge < -0.3 is 20.3 Å². The molecule has 0 spiro atoms. The van der Waals surface area contributed by atoms with Crippen molar-refractivity contribution in [2.75, 3.05) is 33.8 Å². The van der Waals surface area contributed by atoms with Crippen molar-refractivity contribution in [3.05, 3.63) is 0 Å². The van der Waals surface area contributed by atoms with Crippen LogP contribution >= 0.6 is 24.0 Å². The van der Waals surface area contributed by atoms with Crippen LogP contribution in [0.3, 0.4) is 0 Å². The van der Waals surface area contributed by atoms with E-state index in [1.54, 1.807) is 19.0 Å². The van der Waals surface area contributed by atoms with E-state index in [2.05, 4.69) is 15.6 Å². The third kappa shape index (κ3) is 9.08. The number of halogens is 1. The number of amides is 1. The highest BCUT2D eigenvalue weighted by molar-refractivity contribution is 14.0. The minimum Gasteiger partial charge on any atom is -0.378 e. The van der Waals surface area contributed by atoms with Crippen LogP contribution in [0, 0.1) is 0 Å². The largest absolute Gasteiger partial charge is 0.378 e. The summed E-state index contributed by atoms with van der Waals surface area (Å²) in [7, 11) is 3.53. The number of hydrogen-bond acceptors (Lipinski definition) is 3. The molecule has 2 aliphatic rings. The summed E-state index contributed by atoms with van der Waals surface area (Å²) in [5.74, 6) is 0.795. The van der Waals surface area contributed by atoms with Crippen LogP contribution in [0.5, 0.6) is 0 Å². The van der Waals surface area contributed by atoms with Crippen molar-refractivity contribution >= 4 is 35.8 Å². The number of aliphatic imine (C=N–C) groups is 1. The van der Waals surface area contributed by atoms with E-state index in [0.29, 0.717) is 12.1 Å². The molecule has 1 unspecified atom stereocenters. The lowest BCUT2D eigenvalue weighted by Crippen LogP contribution is -2.45. The Morgan fingerprint density at radius 2 is 1.84 bits per heavy atom. The van der Waals surface area contributed by atoms with Gasteiger partial charge in [0.2, 0.25) is 5.91 Å². The number of carbonyl (C=O) groups is 1. The minimum atomic E-state index is 0. The van der Waals surface area contributed by atoms with E-state index in [9.17, 15) is 4.79 Å². The van der Waals surface area contributed by atoms with Gasteiger partial charge in [-0.2, -0.15) is 0 Å².